The molecular weight excluding hydrogens is 258 g/mol. The zero-order chi connectivity index (χ0) is 14.5. The van der Waals surface area contributed by atoms with E-state index in [0.29, 0.717) is 23.7 Å². The lowest BCUT2D eigenvalue weighted by Crippen LogP contribution is -2.29. The highest BCUT2D eigenvalue weighted by Crippen LogP contribution is 2.19. The van der Waals surface area contributed by atoms with Gasteiger partial charge in [0.15, 0.2) is 5.84 Å². The van der Waals surface area contributed by atoms with Crippen LogP contribution < -0.4 is 5.73 Å². The van der Waals surface area contributed by atoms with Gasteiger partial charge >= 0.3 is 0 Å². The number of rotatable bonds is 4. The quantitative estimate of drug-likeness (QED) is 0.370. The maximum atomic E-state index is 12.3. The van der Waals surface area contributed by atoms with Crippen molar-refractivity contribution in [2.75, 3.05) is 26.8 Å². The van der Waals surface area contributed by atoms with Gasteiger partial charge in [0.05, 0.1) is 6.61 Å². The first-order chi connectivity index (χ1) is 9.65. The van der Waals surface area contributed by atoms with Crippen LogP contribution in [0, 0.1) is 5.92 Å². The summed E-state index contributed by atoms with van der Waals surface area (Å²) >= 11 is 0. The molecule has 1 aliphatic rings. The van der Waals surface area contributed by atoms with Crippen molar-refractivity contribution in [3.8, 4) is 0 Å². The Kier molecular flexibility index (Phi) is 4.57. The van der Waals surface area contributed by atoms with Crippen molar-refractivity contribution >= 4 is 11.7 Å². The second-order valence-electron chi connectivity index (χ2n) is 4.92. The van der Waals surface area contributed by atoms with Gasteiger partial charge in [-0.05, 0) is 18.6 Å². The summed E-state index contributed by atoms with van der Waals surface area (Å²) in [6.45, 7) is 2.18. The smallest absolute Gasteiger partial charge is 0.253 e. The summed E-state index contributed by atoms with van der Waals surface area (Å²) in [5.74, 6) is 0.459. The molecule has 2 rings (SSSR count). The first kappa shape index (κ1) is 14.3. The Bertz CT molecular complexity index is 499. The molecule has 6 heteroatoms. The van der Waals surface area contributed by atoms with Crippen molar-refractivity contribution in [2.45, 2.75) is 6.42 Å². The molecule has 108 valence electrons. The molecule has 1 fully saturated rings. The number of amides is 1. The van der Waals surface area contributed by atoms with Crippen LogP contribution in [0.4, 0.5) is 0 Å². The van der Waals surface area contributed by atoms with Crippen LogP contribution in [0.15, 0.2) is 29.4 Å². The van der Waals surface area contributed by atoms with Crippen LogP contribution in [0.5, 0.6) is 0 Å². The lowest BCUT2D eigenvalue weighted by atomic mass is 10.1. The van der Waals surface area contributed by atoms with Gasteiger partial charge < -0.3 is 20.6 Å². The third-order valence-corrected chi connectivity index (χ3v) is 3.51. The Hall–Kier alpha value is -2.08. The highest BCUT2D eigenvalue weighted by Gasteiger charge is 2.26. The lowest BCUT2D eigenvalue weighted by Gasteiger charge is -2.16. The van der Waals surface area contributed by atoms with E-state index in [1.807, 2.05) is 4.90 Å². The van der Waals surface area contributed by atoms with E-state index in [1.165, 1.54) is 0 Å². The summed E-state index contributed by atoms with van der Waals surface area (Å²) < 4.78 is 5.13. The van der Waals surface area contributed by atoms with E-state index < -0.39 is 0 Å². The molecule has 1 aliphatic heterocycles. The summed E-state index contributed by atoms with van der Waals surface area (Å²) in [4.78, 5) is 14.2. The van der Waals surface area contributed by atoms with E-state index in [4.69, 9.17) is 15.7 Å². The largest absolute Gasteiger partial charge is 0.409 e. The highest BCUT2D eigenvalue weighted by atomic mass is 16.5. The standard InChI is InChI=1S/C14H19N3O3/c1-20-9-10-6-7-17(8-10)14(18)12-4-2-11(3-5-12)13(15)16-19/h2-5,10,19H,6-9H2,1H3,(H2,15,16). The molecule has 1 aromatic rings. The molecule has 0 radical (unpaired) electrons. The third kappa shape index (κ3) is 3.08. The first-order valence-electron chi connectivity index (χ1n) is 6.52. The molecular formula is C14H19N3O3. The molecule has 1 saturated heterocycles. The summed E-state index contributed by atoms with van der Waals surface area (Å²) in [6.07, 6.45) is 0.974. The molecule has 3 N–H and O–H groups in total. The Morgan fingerprint density at radius 1 is 1.45 bits per heavy atom. The number of hydrogen-bond acceptors (Lipinski definition) is 4. The number of carbonyl (C=O) groups excluding carboxylic acids is 1. The maximum absolute atomic E-state index is 12.3. The number of amidine groups is 1. The monoisotopic (exact) mass is 277 g/mol. The summed E-state index contributed by atoms with van der Waals surface area (Å²) in [7, 11) is 1.68. The normalized spacial score (nSPS) is 19.4. The van der Waals surface area contributed by atoms with E-state index >= 15 is 0 Å². The number of ether oxygens (including phenoxy) is 1. The van der Waals surface area contributed by atoms with Crippen molar-refractivity contribution in [1.29, 1.82) is 0 Å². The van der Waals surface area contributed by atoms with Crippen molar-refractivity contribution in [3.05, 3.63) is 35.4 Å². The Morgan fingerprint density at radius 3 is 2.70 bits per heavy atom. The summed E-state index contributed by atoms with van der Waals surface area (Å²) in [5, 5.41) is 11.5. The zero-order valence-electron chi connectivity index (χ0n) is 11.5. The van der Waals surface area contributed by atoms with Gasteiger partial charge in [0, 0.05) is 37.2 Å². The molecule has 6 nitrogen and oxygen atoms in total. The molecule has 0 aromatic heterocycles. The van der Waals surface area contributed by atoms with Gasteiger partial charge in [0.1, 0.15) is 0 Å². The van der Waals surface area contributed by atoms with Crippen LogP contribution in [0.1, 0.15) is 22.3 Å². The number of oxime groups is 1. The minimum absolute atomic E-state index is 0.00895. The fraction of sp³-hybridized carbons (Fsp3) is 0.429. The zero-order valence-corrected chi connectivity index (χ0v) is 11.5. The number of nitrogens with two attached hydrogens (primary N) is 1. The predicted molar refractivity (Wildman–Crippen MR) is 74.8 cm³/mol. The molecule has 20 heavy (non-hydrogen) atoms. The van der Waals surface area contributed by atoms with Gasteiger partial charge in [-0.1, -0.05) is 17.3 Å². The molecule has 0 spiro atoms. The van der Waals surface area contributed by atoms with Crippen molar-refractivity contribution < 1.29 is 14.7 Å². The molecule has 0 bridgehead atoms. The van der Waals surface area contributed by atoms with Crippen LogP contribution in [0.2, 0.25) is 0 Å². The van der Waals surface area contributed by atoms with Gasteiger partial charge in [-0.25, -0.2) is 0 Å². The van der Waals surface area contributed by atoms with Crippen LogP contribution in [-0.2, 0) is 4.74 Å². The first-order valence-corrected chi connectivity index (χ1v) is 6.52. The van der Waals surface area contributed by atoms with E-state index in [9.17, 15) is 4.79 Å². The van der Waals surface area contributed by atoms with Crippen molar-refractivity contribution in [2.24, 2.45) is 16.8 Å². The number of likely N-dealkylation sites (tertiary alicyclic amines) is 1. The number of methoxy groups -OCH3 is 1. The molecule has 1 amide bonds. The second-order valence-corrected chi connectivity index (χ2v) is 4.92. The molecule has 0 saturated carbocycles. The minimum Gasteiger partial charge on any atom is -0.409 e. The Labute approximate surface area is 117 Å². The number of nitrogens with zero attached hydrogens (tertiary/aromatic N) is 2. The number of hydrogen-bond donors (Lipinski definition) is 2. The minimum atomic E-state index is 0.00895. The summed E-state index contributed by atoms with van der Waals surface area (Å²) in [5.41, 5.74) is 6.68. The van der Waals surface area contributed by atoms with Gasteiger partial charge in [0.2, 0.25) is 0 Å². The molecule has 0 aliphatic carbocycles. The van der Waals surface area contributed by atoms with Gasteiger partial charge in [-0.3, -0.25) is 4.79 Å². The molecule has 1 unspecified atom stereocenters. The van der Waals surface area contributed by atoms with Crippen LogP contribution in [-0.4, -0.2) is 48.7 Å². The number of carbonyl (C=O) groups is 1. The van der Waals surface area contributed by atoms with E-state index in [-0.39, 0.29) is 11.7 Å². The fourth-order valence-corrected chi connectivity index (χ4v) is 2.41. The van der Waals surface area contributed by atoms with Crippen molar-refractivity contribution in [1.82, 2.24) is 4.90 Å². The predicted octanol–water partition coefficient (Wildman–Crippen LogP) is 0.890. The fourth-order valence-electron chi connectivity index (χ4n) is 2.41. The Morgan fingerprint density at radius 2 is 2.10 bits per heavy atom. The average molecular weight is 277 g/mol. The SMILES string of the molecule is COCC1CCN(C(=O)c2ccc(C(N)=NO)cc2)C1. The highest BCUT2D eigenvalue weighted by molar-refractivity contribution is 5.99. The van der Waals surface area contributed by atoms with Gasteiger partial charge in [0.25, 0.3) is 5.91 Å². The average Bonchev–Trinajstić information content (AvgIpc) is 2.95. The van der Waals surface area contributed by atoms with E-state index in [2.05, 4.69) is 5.16 Å². The van der Waals surface area contributed by atoms with Crippen molar-refractivity contribution in [3.63, 3.8) is 0 Å². The van der Waals surface area contributed by atoms with E-state index in [0.717, 1.165) is 19.5 Å². The van der Waals surface area contributed by atoms with E-state index in [1.54, 1.807) is 31.4 Å². The second kappa shape index (κ2) is 6.38. The molecule has 1 heterocycles. The lowest BCUT2D eigenvalue weighted by molar-refractivity contribution is 0.0775. The number of benzene rings is 1. The van der Waals surface area contributed by atoms with Gasteiger partial charge in [-0.2, -0.15) is 0 Å². The Balaban J connectivity index is 2.03. The maximum Gasteiger partial charge on any atom is 0.253 e. The topological polar surface area (TPSA) is 88.2 Å². The third-order valence-electron chi connectivity index (χ3n) is 3.51. The van der Waals surface area contributed by atoms with Gasteiger partial charge in [-0.15, -0.1) is 0 Å². The summed E-state index contributed by atoms with van der Waals surface area (Å²) in [6, 6.07) is 6.73. The van der Waals surface area contributed by atoms with Crippen LogP contribution >= 0.6 is 0 Å². The van der Waals surface area contributed by atoms with Crippen LogP contribution in [0.3, 0.4) is 0 Å². The van der Waals surface area contributed by atoms with Crippen LogP contribution in [0.25, 0.3) is 0 Å². The molecule has 1 atom stereocenters. The molecule has 1 aromatic carbocycles.